The zero-order valence-electron chi connectivity index (χ0n) is 12.2. The van der Waals surface area contributed by atoms with Crippen LogP contribution in [0.2, 0.25) is 5.02 Å². The normalized spacial score (nSPS) is 10.5. The highest BCUT2D eigenvalue weighted by atomic mass is 35.5. The van der Waals surface area contributed by atoms with E-state index in [2.05, 4.69) is 11.2 Å². The van der Waals surface area contributed by atoms with Crippen molar-refractivity contribution in [3.8, 4) is 23.0 Å². The minimum absolute atomic E-state index is 0.216. The molecular weight excluding hydrogens is 315 g/mol. The highest BCUT2D eigenvalue weighted by Crippen LogP contribution is 2.29. The van der Waals surface area contributed by atoms with Gasteiger partial charge in [0.15, 0.2) is 0 Å². The third-order valence-corrected chi connectivity index (χ3v) is 3.64. The molecule has 6 heteroatoms. The molecule has 3 aromatic rings. The first-order chi connectivity index (χ1) is 11.0. The molecule has 0 unspecified atom stereocenters. The van der Waals surface area contributed by atoms with Gasteiger partial charge in [0.2, 0.25) is 0 Å². The van der Waals surface area contributed by atoms with E-state index in [0.29, 0.717) is 22.0 Å². The van der Waals surface area contributed by atoms with Crippen molar-refractivity contribution in [1.82, 2.24) is 9.78 Å². The van der Waals surface area contributed by atoms with E-state index in [-0.39, 0.29) is 17.2 Å². The average Bonchev–Trinajstić information content (AvgIpc) is 2.84. The van der Waals surface area contributed by atoms with Crippen LogP contribution in [0.1, 0.15) is 11.1 Å². The smallest absolute Gasteiger partial charge is 0.145 e. The number of rotatable bonds is 2. The maximum absolute atomic E-state index is 13.1. The molecule has 0 radical (unpaired) electrons. The summed E-state index contributed by atoms with van der Waals surface area (Å²) in [5.74, 6) is -0.140. The number of halogens is 2. The highest BCUT2D eigenvalue weighted by Gasteiger charge is 2.18. The Morgan fingerprint density at radius 1 is 1.22 bits per heavy atom. The van der Waals surface area contributed by atoms with E-state index >= 15 is 0 Å². The van der Waals surface area contributed by atoms with E-state index in [0.717, 1.165) is 5.56 Å². The lowest BCUT2D eigenvalue weighted by molar-refractivity contribution is 0.628. The van der Waals surface area contributed by atoms with Crippen LogP contribution < -0.4 is 5.73 Å². The maximum Gasteiger partial charge on any atom is 0.145 e. The molecule has 0 amide bonds. The summed E-state index contributed by atoms with van der Waals surface area (Å²) in [6.45, 7) is 1.90. The Labute approximate surface area is 137 Å². The number of nitrogens with two attached hydrogens (primary N) is 1. The lowest BCUT2D eigenvalue weighted by Crippen LogP contribution is -2.02. The molecule has 0 bridgehead atoms. The number of aromatic nitrogens is 2. The number of nitrogen functional groups attached to an aromatic ring is 1. The standard InChI is InChI=1S/C17H12ClFN4/c1-10-6-12(18)8-14(7-10)23-17(21)15(9-20)16(22-23)11-2-4-13(19)5-3-11/h2-8H,21H2,1H3. The Hall–Kier alpha value is -2.84. The number of hydrogen-bond donors (Lipinski definition) is 1. The van der Waals surface area contributed by atoms with Gasteiger partial charge in [0.05, 0.1) is 5.69 Å². The minimum Gasteiger partial charge on any atom is -0.382 e. The topological polar surface area (TPSA) is 67.6 Å². The summed E-state index contributed by atoms with van der Waals surface area (Å²) in [6, 6.07) is 13.2. The van der Waals surface area contributed by atoms with Gasteiger partial charge in [-0.05, 0) is 55.0 Å². The maximum atomic E-state index is 13.1. The van der Waals surface area contributed by atoms with Crippen molar-refractivity contribution in [1.29, 1.82) is 5.26 Å². The van der Waals surface area contributed by atoms with E-state index < -0.39 is 0 Å². The van der Waals surface area contributed by atoms with E-state index in [1.807, 2.05) is 19.1 Å². The van der Waals surface area contributed by atoms with E-state index in [1.54, 1.807) is 18.2 Å². The van der Waals surface area contributed by atoms with Crippen LogP contribution >= 0.6 is 11.6 Å². The van der Waals surface area contributed by atoms with Crippen LogP contribution in [0.15, 0.2) is 42.5 Å². The number of nitrogens with zero attached hydrogens (tertiary/aromatic N) is 3. The number of benzene rings is 2. The number of aryl methyl sites for hydroxylation is 1. The third-order valence-electron chi connectivity index (χ3n) is 3.42. The second kappa shape index (κ2) is 5.75. The van der Waals surface area contributed by atoms with Crippen LogP contribution in [0.4, 0.5) is 10.2 Å². The Morgan fingerprint density at radius 2 is 1.91 bits per heavy atom. The summed E-state index contributed by atoms with van der Waals surface area (Å²) in [4.78, 5) is 0. The van der Waals surface area contributed by atoms with Gasteiger partial charge >= 0.3 is 0 Å². The second-order valence-corrected chi connectivity index (χ2v) is 5.56. The number of nitriles is 1. The summed E-state index contributed by atoms with van der Waals surface area (Å²) in [5, 5.41) is 14.4. The Morgan fingerprint density at radius 3 is 2.52 bits per heavy atom. The fraction of sp³-hybridized carbons (Fsp3) is 0.0588. The molecule has 0 fully saturated rings. The van der Waals surface area contributed by atoms with Gasteiger partial charge in [-0.25, -0.2) is 9.07 Å². The second-order valence-electron chi connectivity index (χ2n) is 5.13. The fourth-order valence-corrected chi connectivity index (χ4v) is 2.67. The van der Waals surface area contributed by atoms with Gasteiger partial charge in [-0.2, -0.15) is 10.4 Å². The fourth-order valence-electron chi connectivity index (χ4n) is 2.39. The van der Waals surface area contributed by atoms with Crippen molar-refractivity contribution >= 4 is 17.4 Å². The van der Waals surface area contributed by atoms with Crippen LogP contribution in [0, 0.1) is 24.1 Å². The molecule has 0 spiro atoms. The number of hydrogen-bond acceptors (Lipinski definition) is 3. The van der Waals surface area contributed by atoms with Crippen molar-refractivity contribution in [3.05, 3.63) is 64.4 Å². The lowest BCUT2D eigenvalue weighted by atomic mass is 10.1. The third kappa shape index (κ3) is 2.77. The summed E-state index contributed by atoms with van der Waals surface area (Å²) >= 11 is 6.08. The molecule has 2 N–H and O–H groups in total. The van der Waals surface area contributed by atoms with Crippen molar-refractivity contribution in [2.24, 2.45) is 0 Å². The Kier molecular flexibility index (Phi) is 3.77. The first-order valence-electron chi connectivity index (χ1n) is 6.81. The van der Waals surface area contributed by atoms with Crippen LogP contribution in [-0.2, 0) is 0 Å². The summed E-state index contributed by atoms with van der Waals surface area (Å²) < 4.78 is 14.6. The molecule has 23 heavy (non-hydrogen) atoms. The predicted octanol–water partition coefficient (Wildman–Crippen LogP) is 4.09. The molecule has 4 nitrogen and oxygen atoms in total. The monoisotopic (exact) mass is 326 g/mol. The summed E-state index contributed by atoms with van der Waals surface area (Å²) in [6.07, 6.45) is 0. The average molecular weight is 327 g/mol. The van der Waals surface area contributed by atoms with Crippen molar-refractivity contribution < 1.29 is 4.39 Å². The van der Waals surface area contributed by atoms with Crippen LogP contribution in [0.3, 0.4) is 0 Å². The van der Waals surface area contributed by atoms with Crippen LogP contribution in [-0.4, -0.2) is 9.78 Å². The zero-order valence-corrected chi connectivity index (χ0v) is 13.0. The number of anilines is 1. The molecule has 0 atom stereocenters. The lowest BCUT2D eigenvalue weighted by Gasteiger charge is -2.06. The molecule has 0 saturated carbocycles. The largest absolute Gasteiger partial charge is 0.382 e. The van der Waals surface area contributed by atoms with Gasteiger partial charge < -0.3 is 5.73 Å². The molecule has 0 aliphatic rings. The molecule has 114 valence electrons. The van der Waals surface area contributed by atoms with Crippen LogP contribution in [0.5, 0.6) is 0 Å². The van der Waals surface area contributed by atoms with E-state index in [1.165, 1.54) is 16.8 Å². The molecule has 0 aliphatic carbocycles. The first kappa shape index (κ1) is 15.1. The van der Waals surface area contributed by atoms with Gasteiger partial charge in [0.1, 0.15) is 29.0 Å². The summed E-state index contributed by atoms with van der Waals surface area (Å²) in [5.41, 5.74) is 8.96. The predicted molar refractivity (Wildman–Crippen MR) is 87.8 cm³/mol. The molecule has 1 aromatic heterocycles. The highest BCUT2D eigenvalue weighted by molar-refractivity contribution is 6.30. The summed E-state index contributed by atoms with van der Waals surface area (Å²) in [7, 11) is 0. The zero-order chi connectivity index (χ0) is 16.6. The molecule has 1 heterocycles. The van der Waals surface area contributed by atoms with E-state index in [4.69, 9.17) is 17.3 Å². The molecule has 3 rings (SSSR count). The van der Waals surface area contributed by atoms with Gasteiger partial charge in [-0.15, -0.1) is 0 Å². The van der Waals surface area contributed by atoms with Gasteiger partial charge in [-0.1, -0.05) is 11.6 Å². The SMILES string of the molecule is Cc1cc(Cl)cc(-n2nc(-c3ccc(F)cc3)c(C#N)c2N)c1. The van der Waals surface area contributed by atoms with Gasteiger partial charge in [-0.3, -0.25) is 0 Å². The van der Waals surface area contributed by atoms with Gasteiger partial charge in [0.25, 0.3) is 0 Å². The molecule has 0 saturated heterocycles. The van der Waals surface area contributed by atoms with Gasteiger partial charge in [0, 0.05) is 10.6 Å². The van der Waals surface area contributed by atoms with Crippen LogP contribution in [0.25, 0.3) is 16.9 Å². The quantitative estimate of drug-likeness (QED) is 0.771. The minimum atomic E-state index is -0.356. The van der Waals surface area contributed by atoms with Crippen molar-refractivity contribution in [2.45, 2.75) is 6.92 Å². The van der Waals surface area contributed by atoms with E-state index in [9.17, 15) is 9.65 Å². The molecule has 2 aromatic carbocycles. The van der Waals surface area contributed by atoms with Crippen molar-refractivity contribution in [2.75, 3.05) is 5.73 Å². The molecular formula is C17H12ClFN4. The van der Waals surface area contributed by atoms with Crippen molar-refractivity contribution in [3.63, 3.8) is 0 Å². The molecule has 0 aliphatic heterocycles. The first-order valence-corrected chi connectivity index (χ1v) is 7.19. The Bertz CT molecular complexity index is 903. The Balaban J connectivity index is 2.21.